The van der Waals surface area contributed by atoms with E-state index < -0.39 is 0 Å². The van der Waals surface area contributed by atoms with Gasteiger partial charge in [-0.2, -0.15) is 0 Å². The Balaban J connectivity index is 1.90. The van der Waals surface area contributed by atoms with Crippen molar-refractivity contribution < 1.29 is 0 Å². The molecule has 3 heteroatoms. The van der Waals surface area contributed by atoms with Gasteiger partial charge in [0, 0.05) is 24.7 Å². The highest BCUT2D eigenvalue weighted by atomic mass is 15.5. The molecule has 0 aromatic carbocycles. The Morgan fingerprint density at radius 2 is 1.58 bits per heavy atom. The molecule has 0 amide bonds. The molecule has 1 heterocycles. The van der Waals surface area contributed by atoms with Gasteiger partial charge < -0.3 is 5.73 Å². The Labute approximate surface area is 119 Å². The van der Waals surface area contributed by atoms with Crippen LogP contribution in [-0.2, 0) is 0 Å². The Morgan fingerprint density at radius 3 is 2.11 bits per heavy atom. The third-order valence-electron chi connectivity index (χ3n) is 5.39. The monoisotopic (exact) mass is 267 g/mol. The van der Waals surface area contributed by atoms with Crippen LogP contribution in [0, 0.1) is 11.8 Å². The number of nitrogens with one attached hydrogen (secondary N) is 1. The summed E-state index contributed by atoms with van der Waals surface area (Å²) in [4.78, 5) is 0. The van der Waals surface area contributed by atoms with Gasteiger partial charge in [0.05, 0.1) is 0 Å². The molecular weight excluding hydrogens is 234 g/mol. The number of hydrogen-bond acceptors (Lipinski definition) is 3. The standard InChI is InChI=1S/C16H33N3/c1-12-7-9-15(10-8-12)16(11-17)18-19-13(2)5-4-6-14(19)3/h12-16,18H,4-11,17H2,1-3H3. The van der Waals surface area contributed by atoms with Gasteiger partial charge in [-0.05, 0) is 51.4 Å². The molecule has 2 aliphatic rings. The maximum Gasteiger partial charge on any atom is 0.0366 e. The van der Waals surface area contributed by atoms with Crippen LogP contribution < -0.4 is 11.2 Å². The van der Waals surface area contributed by atoms with Gasteiger partial charge in [-0.1, -0.05) is 26.2 Å². The minimum atomic E-state index is 0.482. The molecule has 1 saturated carbocycles. The van der Waals surface area contributed by atoms with Crippen LogP contribution >= 0.6 is 0 Å². The van der Waals surface area contributed by atoms with E-state index in [2.05, 4.69) is 31.2 Å². The predicted octanol–water partition coefficient (Wildman–Crippen LogP) is 2.91. The van der Waals surface area contributed by atoms with Crippen molar-refractivity contribution in [2.24, 2.45) is 17.6 Å². The van der Waals surface area contributed by atoms with Crippen LogP contribution in [0.1, 0.15) is 65.7 Å². The molecule has 2 rings (SSSR count). The summed E-state index contributed by atoms with van der Waals surface area (Å²) in [5.41, 5.74) is 9.86. The van der Waals surface area contributed by atoms with Gasteiger partial charge in [0.2, 0.25) is 0 Å². The first-order chi connectivity index (χ1) is 9.11. The molecular formula is C16H33N3. The zero-order valence-corrected chi connectivity index (χ0v) is 13.1. The fraction of sp³-hybridized carbons (Fsp3) is 1.00. The topological polar surface area (TPSA) is 41.3 Å². The minimum Gasteiger partial charge on any atom is -0.329 e. The highest BCUT2D eigenvalue weighted by molar-refractivity contribution is 4.84. The van der Waals surface area contributed by atoms with Gasteiger partial charge in [0.15, 0.2) is 0 Å². The molecule has 1 aliphatic carbocycles. The van der Waals surface area contributed by atoms with Crippen molar-refractivity contribution in [1.29, 1.82) is 0 Å². The maximum absolute atomic E-state index is 6.06. The summed E-state index contributed by atoms with van der Waals surface area (Å²) in [5.74, 6) is 1.70. The quantitative estimate of drug-likeness (QED) is 0.823. The average Bonchev–Trinajstić information content (AvgIpc) is 2.40. The van der Waals surface area contributed by atoms with Crippen LogP contribution in [0.25, 0.3) is 0 Å². The van der Waals surface area contributed by atoms with Crippen LogP contribution in [0.15, 0.2) is 0 Å². The van der Waals surface area contributed by atoms with Gasteiger partial charge in [0.25, 0.3) is 0 Å². The van der Waals surface area contributed by atoms with E-state index in [-0.39, 0.29) is 0 Å². The Bertz CT molecular complexity index is 251. The van der Waals surface area contributed by atoms with Crippen LogP contribution in [0.3, 0.4) is 0 Å². The van der Waals surface area contributed by atoms with E-state index in [1.165, 1.54) is 44.9 Å². The highest BCUT2D eigenvalue weighted by Crippen LogP contribution is 2.31. The first-order valence-electron chi connectivity index (χ1n) is 8.36. The number of nitrogens with two attached hydrogens (primary N) is 1. The van der Waals surface area contributed by atoms with Crippen molar-refractivity contribution in [3.63, 3.8) is 0 Å². The molecule has 0 bridgehead atoms. The second-order valence-corrected chi connectivity index (χ2v) is 7.03. The van der Waals surface area contributed by atoms with Crippen molar-refractivity contribution in [3.8, 4) is 0 Å². The van der Waals surface area contributed by atoms with Crippen LogP contribution in [-0.4, -0.2) is 29.7 Å². The van der Waals surface area contributed by atoms with E-state index in [9.17, 15) is 0 Å². The van der Waals surface area contributed by atoms with Gasteiger partial charge in [-0.3, -0.25) is 5.43 Å². The third kappa shape index (κ3) is 3.93. The molecule has 19 heavy (non-hydrogen) atoms. The smallest absolute Gasteiger partial charge is 0.0366 e. The van der Waals surface area contributed by atoms with E-state index in [1.807, 2.05) is 0 Å². The van der Waals surface area contributed by atoms with E-state index in [1.54, 1.807) is 0 Å². The molecule has 0 radical (unpaired) electrons. The van der Waals surface area contributed by atoms with Crippen LogP contribution in [0.2, 0.25) is 0 Å². The number of nitrogens with zero attached hydrogens (tertiary/aromatic N) is 1. The van der Waals surface area contributed by atoms with E-state index in [0.717, 1.165) is 18.4 Å². The number of rotatable bonds is 4. The predicted molar refractivity (Wildman–Crippen MR) is 81.7 cm³/mol. The lowest BCUT2D eigenvalue weighted by Gasteiger charge is -2.43. The van der Waals surface area contributed by atoms with Gasteiger partial charge in [-0.15, -0.1) is 0 Å². The molecule has 3 N–H and O–H groups in total. The van der Waals surface area contributed by atoms with E-state index >= 15 is 0 Å². The molecule has 112 valence electrons. The van der Waals surface area contributed by atoms with E-state index in [0.29, 0.717) is 18.1 Å². The zero-order chi connectivity index (χ0) is 13.8. The summed E-state index contributed by atoms with van der Waals surface area (Å²) in [6, 6.07) is 1.79. The van der Waals surface area contributed by atoms with Crippen LogP contribution in [0.4, 0.5) is 0 Å². The highest BCUT2D eigenvalue weighted by Gasteiger charge is 2.30. The fourth-order valence-electron chi connectivity index (χ4n) is 3.91. The molecule has 3 unspecified atom stereocenters. The molecule has 0 spiro atoms. The fourth-order valence-corrected chi connectivity index (χ4v) is 3.91. The van der Waals surface area contributed by atoms with Crippen molar-refractivity contribution in [3.05, 3.63) is 0 Å². The molecule has 3 atom stereocenters. The second-order valence-electron chi connectivity index (χ2n) is 7.03. The summed E-state index contributed by atoms with van der Waals surface area (Å²) in [7, 11) is 0. The Hall–Kier alpha value is -0.120. The molecule has 2 fully saturated rings. The SMILES string of the molecule is CC1CCC(C(CN)NN2C(C)CCCC2C)CC1. The Morgan fingerprint density at radius 1 is 1.00 bits per heavy atom. The summed E-state index contributed by atoms with van der Waals surface area (Å²) >= 11 is 0. The first kappa shape index (κ1) is 15.3. The molecule has 1 aliphatic heterocycles. The first-order valence-corrected chi connectivity index (χ1v) is 8.36. The van der Waals surface area contributed by atoms with Crippen molar-refractivity contribution in [1.82, 2.24) is 10.4 Å². The Kier molecular flexibility index (Phi) is 5.67. The van der Waals surface area contributed by atoms with Gasteiger partial charge in [0.1, 0.15) is 0 Å². The summed E-state index contributed by atoms with van der Waals surface area (Å²) in [6.07, 6.45) is 9.47. The lowest BCUT2D eigenvalue weighted by Crippen LogP contribution is -2.59. The lowest BCUT2D eigenvalue weighted by atomic mass is 9.79. The summed E-state index contributed by atoms with van der Waals surface area (Å²) in [6.45, 7) is 7.85. The molecule has 0 aromatic rings. The minimum absolute atomic E-state index is 0.482. The van der Waals surface area contributed by atoms with Gasteiger partial charge >= 0.3 is 0 Å². The van der Waals surface area contributed by atoms with Crippen molar-refractivity contribution in [2.75, 3.05) is 6.54 Å². The second kappa shape index (κ2) is 7.05. The maximum atomic E-state index is 6.06. The van der Waals surface area contributed by atoms with Crippen LogP contribution in [0.5, 0.6) is 0 Å². The summed E-state index contributed by atoms with van der Waals surface area (Å²) < 4.78 is 0. The van der Waals surface area contributed by atoms with Crippen molar-refractivity contribution in [2.45, 2.75) is 83.8 Å². The molecule has 3 nitrogen and oxygen atoms in total. The zero-order valence-electron chi connectivity index (χ0n) is 13.1. The molecule has 1 saturated heterocycles. The largest absolute Gasteiger partial charge is 0.329 e. The van der Waals surface area contributed by atoms with E-state index in [4.69, 9.17) is 5.73 Å². The number of piperidine rings is 1. The third-order valence-corrected chi connectivity index (χ3v) is 5.39. The molecule has 0 aromatic heterocycles. The summed E-state index contributed by atoms with van der Waals surface area (Å²) in [5, 5.41) is 2.50. The lowest BCUT2D eigenvalue weighted by molar-refractivity contribution is 0.0147. The van der Waals surface area contributed by atoms with Gasteiger partial charge in [-0.25, -0.2) is 5.01 Å². The number of hydrogen-bond donors (Lipinski definition) is 2. The number of hydrazine groups is 1. The van der Waals surface area contributed by atoms with Crippen molar-refractivity contribution >= 4 is 0 Å². The average molecular weight is 267 g/mol. The normalized spacial score (nSPS) is 39.2.